The Morgan fingerprint density at radius 2 is 1.82 bits per heavy atom. The summed E-state index contributed by atoms with van der Waals surface area (Å²) in [5, 5.41) is 2.63. The molecule has 0 aliphatic carbocycles. The lowest BCUT2D eigenvalue weighted by Crippen LogP contribution is -2.48. The van der Waals surface area contributed by atoms with Crippen molar-refractivity contribution >= 4 is 21.6 Å². The maximum Gasteiger partial charge on any atom is 0.416 e. The molecule has 1 aliphatic heterocycles. The highest BCUT2D eigenvalue weighted by atomic mass is 32.2. The van der Waals surface area contributed by atoms with Gasteiger partial charge in [-0.1, -0.05) is 30.3 Å². The Bertz CT molecular complexity index is 1360. The molecule has 4 rings (SSSR count). The highest BCUT2D eigenvalue weighted by Crippen LogP contribution is 2.31. The normalized spacial score (nSPS) is 15.3. The van der Waals surface area contributed by atoms with Crippen molar-refractivity contribution in [3.8, 4) is 0 Å². The quantitative estimate of drug-likeness (QED) is 0.441. The summed E-state index contributed by atoms with van der Waals surface area (Å²) in [5.41, 5.74) is 0.756. The Hall–Kier alpha value is -3.44. The van der Waals surface area contributed by atoms with Gasteiger partial charge in [0.05, 0.1) is 10.5 Å². The van der Waals surface area contributed by atoms with Crippen LogP contribution in [0.25, 0.3) is 0 Å². The lowest BCUT2D eigenvalue weighted by molar-refractivity contribution is -0.137. The number of sulfone groups is 1. The second-order valence-electron chi connectivity index (χ2n) is 9.39. The summed E-state index contributed by atoms with van der Waals surface area (Å²) in [4.78, 5) is 21.5. The average Bonchev–Trinajstić information content (AvgIpc) is 2.88. The van der Waals surface area contributed by atoms with E-state index in [1.165, 1.54) is 18.4 Å². The van der Waals surface area contributed by atoms with Crippen molar-refractivity contribution in [1.29, 1.82) is 0 Å². The zero-order chi connectivity index (χ0) is 27.3. The molecule has 11 heteroatoms. The van der Waals surface area contributed by atoms with Crippen molar-refractivity contribution in [3.63, 3.8) is 0 Å². The van der Waals surface area contributed by atoms with Crippen LogP contribution >= 0.6 is 0 Å². The van der Waals surface area contributed by atoms with Crippen LogP contribution in [0.4, 0.5) is 23.7 Å². The summed E-state index contributed by atoms with van der Waals surface area (Å²) < 4.78 is 63.8. The zero-order valence-electron chi connectivity index (χ0n) is 20.9. The van der Waals surface area contributed by atoms with Gasteiger partial charge < -0.3 is 10.2 Å². The molecule has 7 nitrogen and oxygen atoms in total. The number of amides is 2. The minimum absolute atomic E-state index is 0.0656. The predicted octanol–water partition coefficient (Wildman–Crippen LogP) is 5.20. The molecule has 0 saturated carbocycles. The van der Waals surface area contributed by atoms with Gasteiger partial charge in [0.25, 0.3) is 0 Å². The van der Waals surface area contributed by atoms with E-state index in [1.807, 2.05) is 12.1 Å². The molecule has 202 valence electrons. The fraction of sp³-hybridized carbons (Fsp3) is 0.333. The standard InChI is InChI=1S/C27H29F3N4O3S/c1-38(36,37)25-10-3-2-7-21(25)19-33-14-11-24(12-15-33)34(18-20-6-5-13-31-17-20)26(35)32-23-9-4-8-22(16-23)27(28,29)30/h2-10,13,16-17,24H,11-12,14-15,18-19H2,1H3,(H,32,35). The van der Waals surface area contributed by atoms with Crippen LogP contribution in [-0.4, -0.2) is 54.6 Å². The van der Waals surface area contributed by atoms with Gasteiger partial charge in [0.1, 0.15) is 0 Å². The maximum atomic E-state index is 13.3. The molecule has 1 N–H and O–H groups in total. The van der Waals surface area contributed by atoms with E-state index < -0.39 is 27.6 Å². The molecule has 2 heterocycles. The first-order valence-electron chi connectivity index (χ1n) is 12.1. The molecule has 0 unspecified atom stereocenters. The number of piperidine rings is 1. The fourth-order valence-electron chi connectivity index (χ4n) is 4.65. The van der Waals surface area contributed by atoms with E-state index in [-0.39, 0.29) is 18.3 Å². The monoisotopic (exact) mass is 546 g/mol. The number of nitrogens with zero attached hydrogens (tertiary/aromatic N) is 3. The van der Waals surface area contributed by atoms with Gasteiger partial charge in [0.15, 0.2) is 9.84 Å². The van der Waals surface area contributed by atoms with Crippen molar-refractivity contribution in [2.24, 2.45) is 0 Å². The number of aromatic nitrogens is 1. The molecule has 1 aliphatic rings. The number of carbonyl (C=O) groups is 1. The van der Waals surface area contributed by atoms with Gasteiger partial charge in [-0.25, -0.2) is 13.2 Å². The Morgan fingerprint density at radius 3 is 2.47 bits per heavy atom. The lowest BCUT2D eigenvalue weighted by Gasteiger charge is -2.38. The molecule has 1 saturated heterocycles. The Morgan fingerprint density at radius 1 is 1.08 bits per heavy atom. The highest BCUT2D eigenvalue weighted by Gasteiger charge is 2.32. The number of urea groups is 1. The summed E-state index contributed by atoms with van der Waals surface area (Å²) in [7, 11) is -3.36. The number of carbonyl (C=O) groups excluding carboxylic acids is 1. The second kappa shape index (κ2) is 11.5. The van der Waals surface area contributed by atoms with Gasteiger partial charge in [0, 0.05) is 56.6 Å². The molecule has 0 bridgehead atoms. The summed E-state index contributed by atoms with van der Waals surface area (Å²) in [6.45, 7) is 1.97. The number of halogens is 3. The number of anilines is 1. The van der Waals surface area contributed by atoms with E-state index >= 15 is 0 Å². The van der Waals surface area contributed by atoms with Gasteiger partial charge in [0.2, 0.25) is 0 Å². The predicted molar refractivity (Wildman–Crippen MR) is 138 cm³/mol. The SMILES string of the molecule is CS(=O)(=O)c1ccccc1CN1CCC(N(Cc2cccnc2)C(=O)Nc2cccc(C(F)(F)F)c2)CC1. The van der Waals surface area contributed by atoms with Crippen molar-refractivity contribution in [2.45, 2.75) is 43.0 Å². The summed E-state index contributed by atoms with van der Waals surface area (Å²) in [6.07, 6.45) is 1.20. The average molecular weight is 547 g/mol. The van der Waals surface area contributed by atoms with E-state index in [0.29, 0.717) is 37.4 Å². The summed E-state index contributed by atoms with van der Waals surface area (Å²) >= 11 is 0. The summed E-state index contributed by atoms with van der Waals surface area (Å²) in [6, 6.07) is 14.4. The number of hydrogen-bond acceptors (Lipinski definition) is 5. The summed E-state index contributed by atoms with van der Waals surface area (Å²) in [5.74, 6) is 0. The van der Waals surface area contributed by atoms with Crippen molar-refractivity contribution in [2.75, 3.05) is 24.7 Å². The third-order valence-electron chi connectivity index (χ3n) is 6.54. The first-order valence-corrected chi connectivity index (χ1v) is 14.0. The molecule has 38 heavy (non-hydrogen) atoms. The second-order valence-corrected chi connectivity index (χ2v) is 11.4. The molecule has 1 fully saturated rings. The van der Waals surface area contributed by atoms with Crippen LogP contribution in [0.2, 0.25) is 0 Å². The van der Waals surface area contributed by atoms with Crippen LogP contribution in [0, 0.1) is 0 Å². The fourth-order valence-corrected chi connectivity index (χ4v) is 5.58. The van der Waals surface area contributed by atoms with Crippen LogP contribution in [0.3, 0.4) is 0 Å². The number of alkyl halides is 3. The smallest absolute Gasteiger partial charge is 0.317 e. The third-order valence-corrected chi connectivity index (χ3v) is 7.74. The molecule has 0 atom stereocenters. The van der Waals surface area contributed by atoms with E-state index in [4.69, 9.17) is 0 Å². The Balaban J connectivity index is 1.48. The number of likely N-dealkylation sites (tertiary alicyclic amines) is 1. The van der Waals surface area contributed by atoms with E-state index in [9.17, 15) is 26.4 Å². The van der Waals surface area contributed by atoms with Crippen LogP contribution in [0.15, 0.2) is 78.0 Å². The first kappa shape index (κ1) is 27.6. The van der Waals surface area contributed by atoms with Gasteiger partial charge in [-0.2, -0.15) is 13.2 Å². The minimum Gasteiger partial charge on any atom is -0.317 e. The molecular formula is C27H29F3N4O3S. The molecule has 2 amide bonds. The number of rotatable bonds is 7. The highest BCUT2D eigenvalue weighted by molar-refractivity contribution is 7.90. The molecule has 0 radical (unpaired) electrons. The van der Waals surface area contributed by atoms with Crippen LogP contribution < -0.4 is 5.32 Å². The van der Waals surface area contributed by atoms with E-state index in [2.05, 4.69) is 15.2 Å². The Kier molecular flexibility index (Phi) is 8.37. The first-order chi connectivity index (χ1) is 18.0. The van der Waals surface area contributed by atoms with Crippen molar-refractivity contribution in [3.05, 3.63) is 89.7 Å². The van der Waals surface area contributed by atoms with E-state index in [1.54, 1.807) is 41.6 Å². The third kappa shape index (κ3) is 7.11. The molecule has 1 aromatic heterocycles. The molecule has 2 aromatic carbocycles. The van der Waals surface area contributed by atoms with Gasteiger partial charge in [-0.15, -0.1) is 0 Å². The van der Waals surface area contributed by atoms with Crippen LogP contribution in [0.1, 0.15) is 29.5 Å². The molecular weight excluding hydrogens is 517 g/mol. The minimum atomic E-state index is -4.52. The maximum absolute atomic E-state index is 13.3. The zero-order valence-corrected chi connectivity index (χ0v) is 21.7. The Labute approximate surface area is 220 Å². The largest absolute Gasteiger partial charge is 0.416 e. The van der Waals surface area contributed by atoms with Crippen molar-refractivity contribution < 1.29 is 26.4 Å². The molecule has 3 aromatic rings. The van der Waals surface area contributed by atoms with E-state index in [0.717, 1.165) is 23.3 Å². The van der Waals surface area contributed by atoms with Crippen molar-refractivity contribution in [1.82, 2.24) is 14.8 Å². The number of nitrogens with one attached hydrogen (secondary N) is 1. The number of pyridine rings is 1. The van der Waals surface area contributed by atoms with Gasteiger partial charge in [-0.3, -0.25) is 9.88 Å². The lowest BCUT2D eigenvalue weighted by atomic mass is 10.0. The van der Waals surface area contributed by atoms with Crippen LogP contribution in [0.5, 0.6) is 0 Å². The number of benzene rings is 2. The molecule has 0 spiro atoms. The van der Waals surface area contributed by atoms with Gasteiger partial charge >= 0.3 is 12.2 Å². The topological polar surface area (TPSA) is 82.6 Å². The van der Waals surface area contributed by atoms with Gasteiger partial charge in [-0.05, 0) is 54.3 Å². The number of hydrogen-bond donors (Lipinski definition) is 1. The van der Waals surface area contributed by atoms with Crippen LogP contribution in [-0.2, 0) is 29.1 Å².